The quantitative estimate of drug-likeness (QED) is 0.509. The molecule has 0 fully saturated rings. The van der Waals surface area contributed by atoms with E-state index in [9.17, 15) is 4.79 Å². The van der Waals surface area contributed by atoms with Gasteiger partial charge in [0.05, 0.1) is 0 Å². The summed E-state index contributed by atoms with van der Waals surface area (Å²) in [7, 11) is 0. The second kappa shape index (κ2) is 5.35. The van der Waals surface area contributed by atoms with Crippen LogP contribution in [0.1, 0.15) is 6.92 Å². The first-order valence-corrected chi connectivity index (χ1v) is 4.73. The van der Waals surface area contributed by atoms with Crippen molar-refractivity contribution >= 4 is 29.0 Å². The molecule has 1 aromatic rings. The van der Waals surface area contributed by atoms with E-state index in [1.807, 2.05) is 0 Å². The molecule has 0 atom stereocenters. The van der Waals surface area contributed by atoms with Crippen molar-refractivity contribution in [3.05, 3.63) is 11.5 Å². The van der Waals surface area contributed by atoms with E-state index in [1.54, 1.807) is 0 Å². The maximum atomic E-state index is 10.6. The molecule has 0 aliphatic rings. The van der Waals surface area contributed by atoms with Crippen LogP contribution in [0.3, 0.4) is 0 Å². The SMILES string of the molecule is CC(=O)NCCNc1ncnc(Cl)c1N. The zero-order chi connectivity index (χ0) is 11.3. The third-order valence-corrected chi connectivity index (χ3v) is 1.93. The van der Waals surface area contributed by atoms with Crippen LogP contribution < -0.4 is 16.4 Å². The molecule has 0 unspecified atom stereocenters. The number of rotatable bonds is 4. The summed E-state index contributed by atoms with van der Waals surface area (Å²) in [5.74, 6) is 0.394. The van der Waals surface area contributed by atoms with E-state index in [1.165, 1.54) is 13.3 Å². The highest BCUT2D eigenvalue weighted by molar-refractivity contribution is 6.32. The average Bonchev–Trinajstić information content (AvgIpc) is 2.18. The van der Waals surface area contributed by atoms with E-state index >= 15 is 0 Å². The molecular formula is C8H12ClN5O. The summed E-state index contributed by atoms with van der Waals surface area (Å²) in [5.41, 5.74) is 5.93. The summed E-state index contributed by atoms with van der Waals surface area (Å²) >= 11 is 5.69. The number of nitrogen functional groups attached to an aromatic ring is 1. The van der Waals surface area contributed by atoms with Gasteiger partial charge < -0.3 is 16.4 Å². The molecule has 0 aromatic carbocycles. The van der Waals surface area contributed by atoms with Crippen LogP contribution in [-0.2, 0) is 4.79 Å². The van der Waals surface area contributed by atoms with Crippen LogP contribution in [0.5, 0.6) is 0 Å². The molecule has 15 heavy (non-hydrogen) atoms. The Hall–Kier alpha value is -1.56. The normalized spacial score (nSPS) is 9.73. The number of nitrogens with two attached hydrogens (primary N) is 1. The van der Waals surface area contributed by atoms with E-state index in [2.05, 4.69) is 20.6 Å². The standard InChI is InChI=1S/C8H12ClN5O/c1-5(15)11-2-3-12-8-6(10)7(9)13-4-14-8/h4H,2-3,10H2,1H3,(H,11,15)(H,12,13,14). The molecule has 1 rings (SSSR count). The topological polar surface area (TPSA) is 92.9 Å². The number of amides is 1. The highest BCUT2D eigenvalue weighted by Crippen LogP contribution is 2.21. The van der Waals surface area contributed by atoms with Crippen LogP contribution in [0, 0.1) is 0 Å². The highest BCUT2D eigenvalue weighted by Gasteiger charge is 2.04. The molecule has 1 amide bonds. The van der Waals surface area contributed by atoms with Crippen molar-refractivity contribution in [3.8, 4) is 0 Å². The summed E-state index contributed by atoms with van der Waals surface area (Å²) in [4.78, 5) is 18.2. The largest absolute Gasteiger partial charge is 0.393 e. The Morgan fingerprint density at radius 1 is 1.53 bits per heavy atom. The van der Waals surface area contributed by atoms with E-state index in [4.69, 9.17) is 17.3 Å². The van der Waals surface area contributed by atoms with E-state index in [0.717, 1.165) is 0 Å². The molecule has 0 aliphatic carbocycles. The van der Waals surface area contributed by atoms with Crippen LogP contribution in [0.15, 0.2) is 6.33 Å². The first kappa shape index (κ1) is 11.5. The lowest BCUT2D eigenvalue weighted by Gasteiger charge is -2.08. The fourth-order valence-corrected chi connectivity index (χ4v) is 1.07. The molecule has 82 valence electrons. The monoisotopic (exact) mass is 229 g/mol. The Balaban J connectivity index is 2.44. The number of anilines is 2. The zero-order valence-electron chi connectivity index (χ0n) is 8.25. The molecule has 0 aliphatic heterocycles. The van der Waals surface area contributed by atoms with Gasteiger partial charge in [-0.15, -0.1) is 0 Å². The minimum Gasteiger partial charge on any atom is -0.393 e. The Kier molecular flexibility index (Phi) is 4.11. The van der Waals surface area contributed by atoms with Crippen LogP contribution in [0.25, 0.3) is 0 Å². The fourth-order valence-electron chi connectivity index (χ4n) is 0.934. The Morgan fingerprint density at radius 3 is 2.93 bits per heavy atom. The molecule has 0 radical (unpaired) electrons. The van der Waals surface area contributed by atoms with Gasteiger partial charge in [-0.25, -0.2) is 9.97 Å². The van der Waals surface area contributed by atoms with Gasteiger partial charge >= 0.3 is 0 Å². The fraction of sp³-hybridized carbons (Fsp3) is 0.375. The van der Waals surface area contributed by atoms with E-state index in [-0.39, 0.29) is 11.1 Å². The van der Waals surface area contributed by atoms with Gasteiger partial charge in [0.1, 0.15) is 12.0 Å². The molecule has 6 nitrogen and oxygen atoms in total. The summed E-state index contributed by atoms with van der Waals surface area (Å²) in [6.45, 7) is 2.48. The molecule has 0 saturated carbocycles. The van der Waals surface area contributed by atoms with Gasteiger partial charge in [0.25, 0.3) is 0 Å². The predicted molar refractivity (Wildman–Crippen MR) is 58.6 cm³/mol. The molecule has 0 saturated heterocycles. The lowest BCUT2D eigenvalue weighted by Crippen LogP contribution is -2.26. The maximum Gasteiger partial charge on any atom is 0.216 e. The van der Waals surface area contributed by atoms with Crippen molar-refractivity contribution in [2.75, 3.05) is 24.1 Å². The van der Waals surface area contributed by atoms with Crippen molar-refractivity contribution in [2.45, 2.75) is 6.92 Å². The number of carbonyl (C=O) groups is 1. The molecule has 0 bridgehead atoms. The summed E-state index contributed by atoms with van der Waals surface area (Å²) in [6.07, 6.45) is 1.32. The van der Waals surface area contributed by atoms with Gasteiger partial charge in [-0.3, -0.25) is 4.79 Å². The average molecular weight is 230 g/mol. The zero-order valence-corrected chi connectivity index (χ0v) is 9.01. The second-order valence-electron chi connectivity index (χ2n) is 2.84. The third-order valence-electron chi connectivity index (χ3n) is 1.63. The van der Waals surface area contributed by atoms with E-state index in [0.29, 0.717) is 24.6 Å². The van der Waals surface area contributed by atoms with Crippen molar-refractivity contribution in [2.24, 2.45) is 0 Å². The van der Waals surface area contributed by atoms with Gasteiger partial charge in [-0.2, -0.15) is 0 Å². The van der Waals surface area contributed by atoms with Crippen molar-refractivity contribution in [1.82, 2.24) is 15.3 Å². The highest BCUT2D eigenvalue weighted by atomic mass is 35.5. The summed E-state index contributed by atoms with van der Waals surface area (Å²) in [5, 5.41) is 5.78. The van der Waals surface area contributed by atoms with Crippen LogP contribution in [0.4, 0.5) is 11.5 Å². The minimum atomic E-state index is -0.0782. The number of carbonyl (C=O) groups excluding carboxylic acids is 1. The number of nitrogens with one attached hydrogen (secondary N) is 2. The lowest BCUT2D eigenvalue weighted by molar-refractivity contribution is -0.118. The number of aromatic nitrogens is 2. The lowest BCUT2D eigenvalue weighted by atomic mass is 10.4. The molecule has 7 heteroatoms. The number of halogens is 1. The first-order valence-electron chi connectivity index (χ1n) is 4.35. The third kappa shape index (κ3) is 3.59. The Labute approximate surface area is 92.2 Å². The molecular weight excluding hydrogens is 218 g/mol. The number of hydrogen-bond acceptors (Lipinski definition) is 5. The number of hydrogen-bond donors (Lipinski definition) is 3. The van der Waals surface area contributed by atoms with Gasteiger partial charge in [-0.1, -0.05) is 11.6 Å². The molecule has 4 N–H and O–H groups in total. The van der Waals surface area contributed by atoms with Gasteiger partial charge in [0.2, 0.25) is 5.91 Å². The van der Waals surface area contributed by atoms with Gasteiger partial charge in [0, 0.05) is 20.0 Å². The predicted octanol–water partition coefficient (Wildman–Crippen LogP) is 0.260. The molecule has 1 heterocycles. The second-order valence-corrected chi connectivity index (χ2v) is 3.19. The maximum absolute atomic E-state index is 10.6. The van der Waals surface area contributed by atoms with Crippen molar-refractivity contribution in [1.29, 1.82) is 0 Å². The van der Waals surface area contributed by atoms with E-state index < -0.39 is 0 Å². The van der Waals surface area contributed by atoms with Crippen molar-refractivity contribution < 1.29 is 4.79 Å². The van der Waals surface area contributed by atoms with Gasteiger partial charge in [0.15, 0.2) is 11.0 Å². The Bertz CT molecular complexity index is 357. The number of nitrogens with zero attached hydrogens (tertiary/aromatic N) is 2. The van der Waals surface area contributed by atoms with Crippen molar-refractivity contribution in [3.63, 3.8) is 0 Å². The molecule has 0 spiro atoms. The van der Waals surface area contributed by atoms with Gasteiger partial charge in [-0.05, 0) is 0 Å². The van der Waals surface area contributed by atoms with Crippen LogP contribution in [-0.4, -0.2) is 29.0 Å². The smallest absolute Gasteiger partial charge is 0.216 e. The first-order chi connectivity index (χ1) is 7.11. The minimum absolute atomic E-state index is 0.0782. The van der Waals surface area contributed by atoms with Crippen LogP contribution >= 0.6 is 11.6 Å². The Morgan fingerprint density at radius 2 is 2.27 bits per heavy atom. The summed E-state index contributed by atoms with van der Waals surface area (Å²) < 4.78 is 0. The van der Waals surface area contributed by atoms with Crippen LogP contribution in [0.2, 0.25) is 5.15 Å². The summed E-state index contributed by atoms with van der Waals surface area (Å²) in [6, 6.07) is 0. The molecule has 1 aromatic heterocycles.